The zero-order chi connectivity index (χ0) is 12.1. The summed E-state index contributed by atoms with van der Waals surface area (Å²) < 4.78 is 5.05. The molecule has 0 unspecified atom stereocenters. The molecule has 1 aromatic carbocycles. The van der Waals surface area contributed by atoms with Gasteiger partial charge in [-0.05, 0) is 12.1 Å². The molecule has 0 bridgehead atoms. The van der Waals surface area contributed by atoms with Crippen molar-refractivity contribution in [3.8, 4) is 0 Å². The average molecular weight is 224 g/mol. The summed E-state index contributed by atoms with van der Waals surface area (Å²) in [5.41, 5.74) is 0.978. The van der Waals surface area contributed by atoms with Gasteiger partial charge in [0.1, 0.15) is 7.85 Å². The molecule has 4 nitrogen and oxygen atoms in total. The van der Waals surface area contributed by atoms with Gasteiger partial charge in [-0.15, -0.1) is 0 Å². The fourth-order valence-electron chi connectivity index (χ4n) is 1.23. The lowest BCUT2D eigenvalue weighted by Crippen LogP contribution is -2.10. The molecule has 0 atom stereocenters. The third-order valence-electron chi connectivity index (χ3n) is 2.07. The quantitative estimate of drug-likeness (QED) is 0.566. The maximum atomic E-state index is 11.6. The van der Waals surface area contributed by atoms with E-state index in [-0.39, 0.29) is 6.61 Å². The molecule has 2 rings (SSSR count). The van der Waals surface area contributed by atoms with Crippen LogP contribution in [0.5, 0.6) is 0 Å². The van der Waals surface area contributed by atoms with E-state index in [1.165, 1.54) is 12.4 Å². The van der Waals surface area contributed by atoms with Gasteiger partial charge in [0.25, 0.3) is 0 Å². The van der Waals surface area contributed by atoms with Crippen molar-refractivity contribution in [3.63, 3.8) is 0 Å². The highest BCUT2D eigenvalue weighted by Gasteiger charge is 2.06. The first-order valence-corrected chi connectivity index (χ1v) is 5.04. The van der Waals surface area contributed by atoms with Crippen LogP contribution in [0.2, 0.25) is 0 Å². The van der Waals surface area contributed by atoms with Crippen molar-refractivity contribution in [2.75, 3.05) is 0 Å². The van der Waals surface area contributed by atoms with Gasteiger partial charge in [-0.25, -0.2) is 14.8 Å². The highest BCUT2D eigenvalue weighted by Crippen LogP contribution is 2.02. The number of ether oxygens (including phenoxy) is 1. The Bertz CT molecular complexity index is 500. The van der Waals surface area contributed by atoms with Gasteiger partial charge >= 0.3 is 5.97 Å². The Labute approximate surface area is 100 Å². The summed E-state index contributed by atoms with van der Waals surface area (Å²) in [5, 5.41) is 0. The molecular weight excluding hydrogens is 215 g/mol. The Morgan fingerprint density at radius 2 is 1.82 bits per heavy atom. The van der Waals surface area contributed by atoms with Crippen LogP contribution in [0, 0.1) is 0 Å². The van der Waals surface area contributed by atoms with Crippen LogP contribution in [-0.2, 0) is 11.3 Å². The van der Waals surface area contributed by atoms with Gasteiger partial charge in [-0.2, -0.15) is 0 Å². The fourth-order valence-corrected chi connectivity index (χ4v) is 1.23. The van der Waals surface area contributed by atoms with Crippen LogP contribution in [0.1, 0.15) is 16.2 Å². The van der Waals surface area contributed by atoms with E-state index in [1.807, 2.05) is 6.07 Å². The SMILES string of the molecule is [B]c1cnc(COC(=O)c2ccccc2)nc1. The number of nitrogens with zero attached hydrogens (tertiary/aromatic N) is 2. The van der Waals surface area contributed by atoms with Crippen LogP contribution in [0.25, 0.3) is 0 Å². The van der Waals surface area contributed by atoms with Gasteiger partial charge in [0.05, 0.1) is 5.56 Å². The smallest absolute Gasteiger partial charge is 0.338 e. The maximum absolute atomic E-state index is 11.6. The van der Waals surface area contributed by atoms with Gasteiger partial charge in [-0.1, -0.05) is 23.7 Å². The summed E-state index contributed by atoms with van der Waals surface area (Å²) in [6.07, 6.45) is 2.94. The summed E-state index contributed by atoms with van der Waals surface area (Å²) in [7, 11) is 5.44. The third-order valence-corrected chi connectivity index (χ3v) is 2.07. The van der Waals surface area contributed by atoms with Crippen molar-refractivity contribution in [2.24, 2.45) is 0 Å². The van der Waals surface area contributed by atoms with Gasteiger partial charge < -0.3 is 4.74 Å². The van der Waals surface area contributed by atoms with Crippen molar-refractivity contribution in [2.45, 2.75) is 6.61 Å². The predicted molar refractivity (Wildman–Crippen MR) is 63.0 cm³/mol. The van der Waals surface area contributed by atoms with E-state index in [1.54, 1.807) is 24.3 Å². The number of carbonyl (C=O) groups excluding carboxylic acids is 1. The van der Waals surface area contributed by atoms with Gasteiger partial charge in [0.2, 0.25) is 0 Å². The first-order chi connectivity index (χ1) is 8.25. The largest absolute Gasteiger partial charge is 0.454 e. The maximum Gasteiger partial charge on any atom is 0.338 e. The average Bonchev–Trinajstić information content (AvgIpc) is 2.39. The minimum absolute atomic E-state index is 0.0357. The molecule has 1 aromatic heterocycles. The van der Waals surface area contributed by atoms with Crippen LogP contribution in [0.15, 0.2) is 42.7 Å². The molecule has 17 heavy (non-hydrogen) atoms. The molecule has 0 N–H and O–H groups in total. The van der Waals surface area contributed by atoms with E-state index in [2.05, 4.69) is 9.97 Å². The van der Waals surface area contributed by atoms with Crippen molar-refractivity contribution >= 4 is 19.3 Å². The normalized spacial score (nSPS) is 9.88. The molecule has 5 heteroatoms. The predicted octanol–water partition coefficient (Wildman–Crippen LogP) is 0.627. The molecule has 0 amide bonds. The second-order valence-electron chi connectivity index (χ2n) is 3.37. The molecule has 0 aliphatic rings. The number of aromatic nitrogens is 2. The molecule has 0 aliphatic heterocycles. The lowest BCUT2D eigenvalue weighted by Gasteiger charge is -2.03. The van der Waals surface area contributed by atoms with Crippen LogP contribution in [0.4, 0.5) is 0 Å². The molecule has 1 heterocycles. The van der Waals surface area contributed by atoms with Crippen molar-refractivity contribution < 1.29 is 9.53 Å². The number of benzene rings is 1. The van der Waals surface area contributed by atoms with Crippen molar-refractivity contribution in [1.82, 2.24) is 9.97 Å². The second-order valence-corrected chi connectivity index (χ2v) is 3.37. The Balaban J connectivity index is 1.95. The highest BCUT2D eigenvalue weighted by atomic mass is 16.5. The molecule has 0 aliphatic carbocycles. The topological polar surface area (TPSA) is 52.1 Å². The van der Waals surface area contributed by atoms with Crippen LogP contribution >= 0.6 is 0 Å². The van der Waals surface area contributed by atoms with Gasteiger partial charge in [-0.3, -0.25) is 0 Å². The summed E-state index contributed by atoms with van der Waals surface area (Å²) in [5.74, 6) is 0.0227. The molecule has 0 saturated heterocycles. The van der Waals surface area contributed by atoms with Crippen molar-refractivity contribution in [3.05, 3.63) is 54.1 Å². The molecule has 82 valence electrons. The van der Waals surface area contributed by atoms with Gasteiger partial charge in [0, 0.05) is 12.4 Å². The minimum Gasteiger partial charge on any atom is -0.454 e. The standard InChI is InChI=1S/C12H9BN2O2/c13-10-6-14-11(15-7-10)8-17-12(16)9-4-2-1-3-5-9/h1-7H,8H2. The summed E-state index contributed by atoms with van der Waals surface area (Å²) in [6.45, 7) is 0.0357. The van der Waals surface area contributed by atoms with E-state index in [0.29, 0.717) is 16.9 Å². The number of hydrogen-bond acceptors (Lipinski definition) is 4. The molecule has 0 fully saturated rings. The van der Waals surface area contributed by atoms with Crippen LogP contribution < -0.4 is 5.46 Å². The number of rotatable bonds is 3. The zero-order valence-electron chi connectivity index (χ0n) is 9.04. The van der Waals surface area contributed by atoms with E-state index in [4.69, 9.17) is 12.6 Å². The summed E-state index contributed by atoms with van der Waals surface area (Å²) in [6, 6.07) is 8.75. The third kappa shape index (κ3) is 3.14. The molecular formula is C12H9BN2O2. The Morgan fingerprint density at radius 3 is 2.47 bits per heavy atom. The lowest BCUT2D eigenvalue weighted by atomic mass is 10.0. The summed E-state index contributed by atoms with van der Waals surface area (Å²) in [4.78, 5) is 19.4. The molecule has 0 saturated carbocycles. The van der Waals surface area contributed by atoms with Gasteiger partial charge in [0.15, 0.2) is 12.4 Å². The van der Waals surface area contributed by atoms with Crippen molar-refractivity contribution in [1.29, 1.82) is 0 Å². The number of carbonyl (C=O) groups is 1. The number of esters is 1. The molecule has 0 spiro atoms. The highest BCUT2D eigenvalue weighted by molar-refractivity contribution is 6.31. The molecule has 2 radical (unpaired) electrons. The monoisotopic (exact) mass is 224 g/mol. The Kier molecular flexibility index (Phi) is 3.50. The van der Waals surface area contributed by atoms with E-state index in [0.717, 1.165) is 0 Å². The second kappa shape index (κ2) is 5.25. The Morgan fingerprint density at radius 1 is 1.18 bits per heavy atom. The van der Waals surface area contributed by atoms with E-state index < -0.39 is 5.97 Å². The Hall–Kier alpha value is -2.17. The minimum atomic E-state index is -0.397. The first kappa shape index (κ1) is 11.3. The van der Waals surface area contributed by atoms with Crippen LogP contribution in [-0.4, -0.2) is 23.8 Å². The summed E-state index contributed by atoms with van der Waals surface area (Å²) >= 11 is 0. The number of hydrogen-bond donors (Lipinski definition) is 0. The lowest BCUT2D eigenvalue weighted by molar-refractivity contribution is 0.0462. The first-order valence-electron chi connectivity index (χ1n) is 5.04. The van der Waals surface area contributed by atoms with E-state index >= 15 is 0 Å². The van der Waals surface area contributed by atoms with Crippen LogP contribution in [0.3, 0.4) is 0 Å². The molecule has 2 aromatic rings. The fraction of sp³-hybridized carbons (Fsp3) is 0.0833. The zero-order valence-corrected chi connectivity index (χ0v) is 9.04. The van der Waals surface area contributed by atoms with E-state index in [9.17, 15) is 4.79 Å².